The molecule has 0 N–H and O–H groups in total. The zero-order valence-corrected chi connectivity index (χ0v) is 19.8. The number of benzene rings is 4. The van der Waals surface area contributed by atoms with Gasteiger partial charge in [-0.3, -0.25) is 0 Å². The summed E-state index contributed by atoms with van der Waals surface area (Å²) in [5.74, 6) is -4.00. The first kappa shape index (κ1) is 25.8. The lowest BCUT2D eigenvalue weighted by Gasteiger charge is -2.10. The molecule has 0 aliphatic rings. The Bertz CT molecular complexity index is 1370. The van der Waals surface area contributed by atoms with E-state index in [4.69, 9.17) is 14.7 Å². The van der Waals surface area contributed by atoms with Gasteiger partial charge in [-0.2, -0.15) is 5.26 Å². The fourth-order valence-electron chi connectivity index (χ4n) is 3.77. The lowest BCUT2D eigenvalue weighted by atomic mass is 10.0. The standard InChI is InChI=1S/C30H23F4NO2/c31-27-18-25(12-13-26(27)23-16-28(32)30(34)29(33)17-23)37-15-3-1-2-14-36-24-10-8-22(9-11-24)21-6-4-20(19-35)5-7-21/h4-13,16-18H,1-3,14-15H2. The zero-order valence-electron chi connectivity index (χ0n) is 19.8. The lowest BCUT2D eigenvalue weighted by molar-refractivity contribution is 0.279. The molecule has 0 aliphatic heterocycles. The maximum atomic E-state index is 14.4. The van der Waals surface area contributed by atoms with Crippen LogP contribution in [-0.4, -0.2) is 13.2 Å². The number of halogens is 4. The van der Waals surface area contributed by atoms with Crippen molar-refractivity contribution in [3.63, 3.8) is 0 Å². The third-order valence-corrected chi connectivity index (χ3v) is 5.76. The summed E-state index contributed by atoms with van der Waals surface area (Å²) in [7, 11) is 0. The zero-order chi connectivity index (χ0) is 26.2. The summed E-state index contributed by atoms with van der Waals surface area (Å²) in [6.45, 7) is 0.919. The van der Waals surface area contributed by atoms with E-state index in [0.717, 1.165) is 54.3 Å². The molecule has 0 saturated carbocycles. The second-order valence-corrected chi connectivity index (χ2v) is 8.37. The minimum atomic E-state index is -1.59. The molecule has 0 aliphatic carbocycles. The summed E-state index contributed by atoms with van der Waals surface area (Å²) in [5.41, 5.74) is 2.54. The molecule has 0 unspecified atom stereocenters. The summed E-state index contributed by atoms with van der Waals surface area (Å²) in [6.07, 6.45) is 2.40. The Hall–Kier alpha value is -4.31. The summed E-state index contributed by atoms with van der Waals surface area (Å²) in [6, 6.07) is 22.7. The van der Waals surface area contributed by atoms with Gasteiger partial charge < -0.3 is 9.47 Å². The quantitative estimate of drug-likeness (QED) is 0.124. The van der Waals surface area contributed by atoms with Crippen LogP contribution < -0.4 is 9.47 Å². The van der Waals surface area contributed by atoms with E-state index in [1.165, 1.54) is 12.1 Å². The van der Waals surface area contributed by atoms with Crippen LogP contribution in [0, 0.1) is 34.6 Å². The molecule has 37 heavy (non-hydrogen) atoms. The van der Waals surface area contributed by atoms with Crippen molar-refractivity contribution in [1.82, 2.24) is 0 Å². The van der Waals surface area contributed by atoms with Gasteiger partial charge in [0.05, 0.1) is 24.8 Å². The Balaban J connectivity index is 1.17. The monoisotopic (exact) mass is 505 g/mol. The lowest BCUT2D eigenvalue weighted by Crippen LogP contribution is -2.01. The van der Waals surface area contributed by atoms with Gasteiger partial charge >= 0.3 is 0 Å². The molecule has 188 valence electrons. The topological polar surface area (TPSA) is 42.2 Å². The SMILES string of the molecule is N#Cc1ccc(-c2ccc(OCCCCCOc3ccc(-c4cc(F)c(F)c(F)c4)c(F)c3)cc2)cc1. The molecular formula is C30H23F4NO2. The minimum Gasteiger partial charge on any atom is -0.494 e. The number of nitriles is 1. The predicted octanol–water partition coefficient (Wildman–Crippen LogP) is 8.08. The van der Waals surface area contributed by atoms with Gasteiger partial charge in [0.15, 0.2) is 17.5 Å². The number of hydrogen-bond acceptors (Lipinski definition) is 3. The molecule has 4 aromatic rings. The third-order valence-electron chi connectivity index (χ3n) is 5.76. The summed E-state index contributed by atoms with van der Waals surface area (Å²) < 4.78 is 65.8. The second kappa shape index (κ2) is 12.1. The van der Waals surface area contributed by atoms with Crippen molar-refractivity contribution < 1.29 is 27.0 Å². The molecule has 0 heterocycles. The van der Waals surface area contributed by atoms with E-state index in [9.17, 15) is 17.6 Å². The Labute approximate surface area is 212 Å². The highest BCUT2D eigenvalue weighted by Gasteiger charge is 2.14. The highest BCUT2D eigenvalue weighted by atomic mass is 19.2. The van der Waals surface area contributed by atoms with E-state index in [1.807, 2.05) is 36.4 Å². The molecule has 0 saturated heterocycles. The van der Waals surface area contributed by atoms with Crippen molar-refractivity contribution >= 4 is 0 Å². The van der Waals surface area contributed by atoms with Gasteiger partial charge in [-0.1, -0.05) is 24.3 Å². The van der Waals surface area contributed by atoms with Crippen LogP contribution in [0.25, 0.3) is 22.3 Å². The first-order chi connectivity index (χ1) is 17.9. The van der Waals surface area contributed by atoms with Gasteiger partial charge in [0.1, 0.15) is 17.3 Å². The van der Waals surface area contributed by atoms with Crippen LogP contribution in [0.2, 0.25) is 0 Å². The van der Waals surface area contributed by atoms with E-state index in [-0.39, 0.29) is 11.1 Å². The minimum absolute atomic E-state index is 0.0489. The summed E-state index contributed by atoms with van der Waals surface area (Å²) >= 11 is 0. The van der Waals surface area contributed by atoms with Crippen LogP contribution >= 0.6 is 0 Å². The third kappa shape index (κ3) is 6.68. The number of nitrogens with zero attached hydrogens (tertiary/aromatic N) is 1. The van der Waals surface area contributed by atoms with Gasteiger partial charge in [0.2, 0.25) is 0 Å². The summed E-state index contributed by atoms with van der Waals surface area (Å²) in [5, 5.41) is 8.90. The van der Waals surface area contributed by atoms with Crippen LogP contribution in [0.3, 0.4) is 0 Å². The van der Waals surface area contributed by atoms with Crippen molar-refractivity contribution in [3.05, 3.63) is 108 Å². The first-order valence-corrected chi connectivity index (χ1v) is 11.8. The maximum absolute atomic E-state index is 14.4. The second-order valence-electron chi connectivity index (χ2n) is 8.37. The molecule has 4 aromatic carbocycles. The molecule has 0 atom stereocenters. The number of rotatable bonds is 10. The molecule has 0 fully saturated rings. The highest BCUT2D eigenvalue weighted by molar-refractivity contribution is 5.66. The molecule has 7 heteroatoms. The number of hydrogen-bond donors (Lipinski definition) is 0. The largest absolute Gasteiger partial charge is 0.494 e. The molecular weight excluding hydrogens is 482 g/mol. The van der Waals surface area contributed by atoms with E-state index >= 15 is 0 Å². The fraction of sp³-hybridized carbons (Fsp3) is 0.167. The number of ether oxygens (including phenoxy) is 2. The van der Waals surface area contributed by atoms with Crippen LogP contribution in [0.1, 0.15) is 24.8 Å². The van der Waals surface area contributed by atoms with Crippen molar-refractivity contribution in [1.29, 1.82) is 5.26 Å². The molecule has 0 amide bonds. The Morgan fingerprint density at radius 3 is 1.68 bits per heavy atom. The predicted molar refractivity (Wildman–Crippen MR) is 133 cm³/mol. The molecule has 3 nitrogen and oxygen atoms in total. The van der Waals surface area contributed by atoms with Crippen LogP contribution in [0.15, 0.2) is 78.9 Å². The van der Waals surface area contributed by atoms with Crippen molar-refractivity contribution in [2.75, 3.05) is 13.2 Å². The maximum Gasteiger partial charge on any atom is 0.194 e. The normalized spacial score (nSPS) is 10.7. The Morgan fingerprint density at radius 2 is 1.11 bits per heavy atom. The van der Waals surface area contributed by atoms with Gasteiger partial charge in [-0.05, 0) is 84.5 Å². The van der Waals surface area contributed by atoms with Crippen molar-refractivity contribution in [2.45, 2.75) is 19.3 Å². The van der Waals surface area contributed by atoms with Gasteiger partial charge in [0, 0.05) is 11.6 Å². The van der Waals surface area contributed by atoms with E-state index < -0.39 is 23.3 Å². The van der Waals surface area contributed by atoms with Gasteiger partial charge in [-0.15, -0.1) is 0 Å². The van der Waals surface area contributed by atoms with Crippen molar-refractivity contribution in [3.8, 4) is 39.8 Å². The Kier molecular flexibility index (Phi) is 8.42. The van der Waals surface area contributed by atoms with Gasteiger partial charge in [-0.25, -0.2) is 17.6 Å². The first-order valence-electron chi connectivity index (χ1n) is 11.8. The van der Waals surface area contributed by atoms with Crippen LogP contribution in [0.5, 0.6) is 11.5 Å². The van der Waals surface area contributed by atoms with E-state index in [2.05, 4.69) is 6.07 Å². The average Bonchev–Trinajstić information content (AvgIpc) is 2.91. The molecule has 0 radical (unpaired) electrons. The molecule has 0 bridgehead atoms. The van der Waals surface area contributed by atoms with E-state index in [1.54, 1.807) is 12.1 Å². The highest BCUT2D eigenvalue weighted by Crippen LogP contribution is 2.29. The van der Waals surface area contributed by atoms with Crippen LogP contribution in [-0.2, 0) is 0 Å². The molecule has 0 aromatic heterocycles. The Morgan fingerprint density at radius 1 is 0.568 bits per heavy atom. The fourth-order valence-corrected chi connectivity index (χ4v) is 3.77. The molecule has 0 spiro atoms. The average molecular weight is 506 g/mol. The van der Waals surface area contributed by atoms with Crippen LogP contribution in [0.4, 0.5) is 17.6 Å². The van der Waals surface area contributed by atoms with Crippen molar-refractivity contribution in [2.24, 2.45) is 0 Å². The molecule has 4 rings (SSSR count). The van der Waals surface area contributed by atoms with Gasteiger partial charge in [0.25, 0.3) is 0 Å². The smallest absolute Gasteiger partial charge is 0.194 e. The van der Waals surface area contributed by atoms with E-state index in [0.29, 0.717) is 24.5 Å². The number of unbranched alkanes of at least 4 members (excludes halogenated alkanes) is 2. The summed E-state index contributed by atoms with van der Waals surface area (Å²) in [4.78, 5) is 0.